The van der Waals surface area contributed by atoms with Crippen molar-refractivity contribution in [2.24, 2.45) is 0 Å². The molecule has 0 spiro atoms. The van der Waals surface area contributed by atoms with E-state index >= 15 is 0 Å². The second kappa shape index (κ2) is 4.47. The van der Waals surface area contributed by atoms with Crippen LogP contribution in [0.3, 0.4) is 0 Å². The summed E-state index contributed by atoms with van der Waals surface area (Å²) < 4.78 is 0. The topological polar surface area (TPSA) is 96.5 Å². The van der Waals surface area contributed by atoms with E-state index in [1.165, 1.54) is 0 Å². The first-order valence-electron chi connectivity index (χ1n) is 4.69. The molecule has 0 aliphatic carbocycles. The van der Waals surface area contributed by atoms with Gasteiger partial charge in [-0.25, -0.2) is 4.98 Å². The van der Waals surface area contributed by atoms with Crippen molar-refractivity contribution in [2.45, 2.75) is 13.5 Å². The van der Waals surface area contributed by atoms with Crippen molar-refractivity contribution >= 4 is 5.91 Å². The minimum Gasteiger partial charge on any atom is -0.344 e. The number of hydrogen-bond acceptors (Lipinski definition) is 5. The highest BCUT2D eigenvalue weighted by Gasteiger charge is 2.10. The van der Waals surface area contributed by atoms with Crippen LogP contribution < -0.4 is 5.32 Å². The molecule has 2 aromatic rings. The van der Waals surface area contributed by atoms with Gasteiger partial charge in [-0.3, -0.25) is 9.89 Å². The second-order valence-electron chi connectivity index (χ2n) is 3.14. The second-order valence-corrected chi connectivity index (χ2v) is 3.14. The molecule has 0 aliphatic rings. The number of carbonyl (C=O) groups excluding carboxylic acids is 1. The van der Waals surface area contributed by atoms with Crippen LogP contribution >= 0.6 is 0 Å². The highest BCUT2D eigenvalue weighted by Crippen LogP contribution is 1.93. The Hall–Kier alpha value is -2.31. The van der Waals surface area contributed by atoms with Crippen LogP contribution in [0.4, 0.5) is 0 Å². The van der Waals surface area contributed by atoms with Crippen LogP contribution in [0.15, 0.2) is 18.3 Å². The zero-order chi connectivity index (χ0) is 11.4. The van der Waals surface area contributed by atoms with Gasteiger partial charge in [0, 0.05) is 6.20 Å². The average molecular weight is 218 g/mol. The lowest BCUT2D eigenvalue weighted by Crippen LogP contribution is -2.24. The van der Waals surface area contributed by atoms with Crippen LogP contribution in [0.25, 0.3) is 0 Å². The zero-order valence-corrected chi connectivity index (χ0v) is 8.64. The van der Waals surface area contributed by atoms with Crippen molar-refractivity contribution in [2.75, 3.05) is 0 Å². The Balaban J connectivity index is 1.94. The Kier molecular flexibility index (Phi) is 2.86. The molecule has 0 bridgehead atoms. The normalized spacial score (nSPS) is 10.1. The number of aromatic nitrogens is 5. The molecule has 0 fully saturated rings. The summed E-state index contributed by atoms with van der Waals surface area (Å²) in [5, 5.41) is 16.5. The number of aromatic amines is 1. The lowest BCUT2D eigenvalue weighted by molar-refractivity contribution is 0.0940. The first-order chi connectivity index (χ1) is 7.75. The fraction of sp³-hybridized carbons (Fsp3) is 0.222. The van der Waals surface area contributed by atoms with Gasteiger partial charge < -0.3 is 5.32 Å². The Morgan fingerprint density at radius 1 is 1.56 bits per heavy atom. The van der Waals surface area contributed by atoms with Crippen LogP contribution in [0, 0.1) is 6.92 Å². The molecule has 0 aromatic carbocycles. The first kappa shape index (κ1) is 10.2. The third-order valence-electron chi connectivity index (χ3n) is 1.86. The van der Waals surface area contributed by atoms with Gasteiger partial charge >= 0.3 is 0 Å². The molecule has 1 amide bonds. The van der Waals surface area contributed by atoms with Gasteiger partial charge in [-0.15, -0.1) is 5.10 Å². The summed E-state index contributed by atoms with van der Waals surface area (Å²) in [7, 11) is 0. The van der Waals surface area contributed by atoms with Gasteiger partial charge in [-0.05, 0) is 19.1 Å². The number of rotatable bonds is 3. The van der Waals surface area contributed by atoms with Crippen molar-refractivity contribution in [3.05, 3.63) is 35.7 Å². The van der Waals surface area contributed by atoms with E-state index in [0.29, 0.717) is 18.1 Å². The summed E-state index contributed by atoms with van der Waals surface area (Å²) in [5.41, 5.74) is 0.683. The van der Waals surface area contributed by atoms with E-state index in [9.17, 15) is 4.79 Å². The smallest absolute Gasteiger partial charge is 0.291 e. The summed E-state index contributed by atoms with van der Waals surface area (Å²) in [5.74, 6) is 0.390. The lowest BCUT2D eigenvalue weighted by Gasteiger charge is -2.00. The van der Waals surface area contributed by atoms with Crippen molar-refractivity contribution < 1.29 is 4.79 Å². The SMILES string of the molecule is Cc1nc(C(=O)NCc2cccnn2)n[nH]1. The minimum absolute atomic E-state index is 0.126. The molecular formula is C9H10N6O. The van der Waals surface area contributed by atoms with E-state index in [-0.39, 0.29) is 11.7 Å². The molecule has 16 heavy (non-hydrogen) atoms. The molecule has 0 atom stereocenters. The van der Waals surface area contributed by atoms with Gasteiger partial charge in [0.25, 0.3) is 5.91 Å². The Morgan fingerprint density at radius 2 is 2.44 bits per heavy atom. The summed E-state index contributed by atoms with van der Waals surface area (Å²) in [6.45, 7) is 2.03. The minimum atomic E-state index is -0.338. The lowest BCUT2D eigenvalue weighted by atomic mass is 10.4. The fourth-order valence-electron chi connectivity index (χ4n) is 1.12. The highest BCUT2D eigenvalue weighted by molar-refractivity contribution is 5.90. The van der Waals surface area contributed by atoms with Gasteiger partial charge in [-0.1, -0.05) is 0 Å². The Bertz CT molecular complexity index is 480. The van der Waals surface area contributed by atoms with Crippen molar-refractivity contribution in [1.82, 2.24) is 30.7 Å². The number of aryl methyl sites for hydroxylation is 1. The molecule has 2 heterocycles. The number of H-pyrrole nitrogens is 1. The summed E-state index contributed by atoms with van der Waals surface area (Å²) in [6, 6.07) is 3.53. The van der Waals surface area contributed by atoms with Gasteiger partial charge in [0.1, 0.15) is 5.82 Å². The van der Waals surface area contributed by atoms with E-state index in [1.54, 1.807) is 25.3 Å². The zero-order valence-electron chi connectivity index (χ0n) is 8.64. The van der Waals surface area contributed by atoms with Gasteiger partial charge in [0.15, 0.2) is 0 Å². The number of nitrogens with zero attached hydrogens (tertiary/aromatic N) is 4. The number of nitrogens with one attached hydrogen (secondary N) is 2. The third kappa shape index (κ3) is 2.38. The summed E-state index contributed by atoms with van der Waals surface area (Å²) >= 11 is 0. The maximum Gasteiger partial charge on any atom is 0.291 e. The number of carbonyl (C=O) groups is 1. The van der Waals surface area contributed by atoms with Crippen molar-refractivity contribution in [3.63, 3.8) is 0 Å². The largest absolute Gasteiger partial charge is 0.344 e. The standard InChI is InChI=1S/C9H10N6O/c1-6-12-8(15-13-6)9(16)10-5-7-3-2-4-11-14-7/h2-4H,5H2,1H3,(H,10,16)(H,12,13,15). The van der Waals surface area contributed by atoms with Gasteiger partial charge in [-0.2, -0.15) is 10.2 Å². The van der Waals surface area contributed by atoms with Crippen molar-refractivity contribution in [1.29, 1.82) is 0 Å². The van der Waals surface area contributed by atoms with Crippen LogP contribution in [0.5, 0.6) is 0 Å². The molecule has 0 radical (unpaired) electrons. The molecule has 2 rings (SSSR count). The van der Waals surface area contributed by atoms with E-state index in [1.807, 2.05) is 0 Å². The Morgan fingerprint density at radius 3 is 3.06 bits per heavy atom. The molecule has 2 N–H and O–H groups in total. The predicted octanol–water partition coefficient (Wildman–Crippen LogP) is -0.167. The molecule has 0 unspecified atom stereocenters. The molecule has 0 saturated heterocycles. The van der Waals surface area contributed by atoms with Crippen LogP contribution in [0.1, 0.15) is 22.1 Å². The first-order valence-corrected chi connectivity index (χ1v) is 4.69. The molecule has 0 saturated carbocycles. The quantitative estimate of drug-likeness (QED) is 0.745. The summed E-state index contributed by atoms with van der Waals surface area (Å²) in [6.07, 6.45) is 1.57. The van der Waals surface area contributed by atoms with Crippen LogP contribution in [-0.2, 0) is 6.54 Å². The summed E-state index contributed by atoms with van der Waals surface area (Å²) in [4.78, 5) is 15.4. The maximum absolute atomic E-state index is 11.5. The third-order valence-corrected chi connectivity index (χ3v) is 1.86. The van der Waals surface area contributed by atoms with Crippen LogP contribution in [0.2, 0.25) is 0 Å². The number of amides is 1. The van der Waals surface area contributed by atoms with E-state index in [4.69, 9.17) is 0 Å². The van der Waals surface area contributed by atoms with E-state index < -0.39 is 0 Å². The predicted molar refractivity (Wildman–Crippen MR) is 54.3 cm³/mol. The van der Waals surface area contributed by atoms with E-state index in [0.717, 1.165) is 0 Å². The molecule has 0 aliphatic heterocycles. The monoisotopic (exact) mass is 218 g/mol. The van der Waals surface area contributed by atoms with Gasteiger partial charge in [0.2, 0.25) is 5.82 Å². The van der Waals surface area contributed by atoms with Crippen molar-refractivity contribution in [3.8, 4) is 0 Å². The van der Waals surface area contributed by atoms with Gasteiger partial charge in [0.05, 0.1) is 12.2 Å². The molecular weight excluding hydrogens is 208 g/mol. The fourth-order valence-corrected chi connectivity index (χ4v) is 1.12. The number of hydrogen-bond donors (Lipinski definition) is 2. The Labute approximate surface area is 91.3 Å². The molecule has 2 aromatic heterocycles. The van der Waals surface area contributed by atoms with E-state index in [2.05, 4.69) is 30.7 Å². The maximum atomic E-state index is 11.5. The highest BCUT2D eigenvalue weighted by atomic mass is 16.2. The average Bonchev–Trinajstić information content (AvgIpc) is 2.74. The van der Waals surface area contributed by atoms with Crippen LogP contribution in [-0.4, -0.2) is 31.3 Å². The molecule has 7 nitrogen and oxygen atoms in total. The molecule has 82 valence electrons. The molecule has 7 heteroatoms.